The van der Waals surface area contributed by atoms with Crippen LogP contribution in [0.5, 0.6) is 0 Å². The van der Waals surface area contributed by atoms with E-state index in [0.29, 0.717) is 25.7 Å². The predicted octanol–water partition coefficient (Wildman–Crippen LogP) is 22.5. The van der Waals surface area contributed by atoms with Crippen molar-refractivity contribution in [2.24, 2.45) is 5.92 Å². The summed E-state index contributed by atoms with van der Waals surface area (Å²) in [6, 6.07) is 0. The van der Waals surface area contributed by atoms with Gasteiger partial charge in [0.2, 0.25) is 0 Å². The maximum atomic E-state index is 13.1. The summed E-state index contributed by atoms with van der Waals surface area (Å²) in [6.45, 7) is 7.19. The molecule has 0 rings (SSSR count). The number of phosphoric ester groups is 2. The van der Waals surface area contributed by atoms with Gasteiger partial charge >= 0.3 is 39.5 Å². The fourth-order valence-electron chi connectivity index (χ4n) is 11.7. The Labute approximate surface area is 581 Å². The summed E-state index contributed by atoms with van der Waals surface area (Å²) >= 11 is 0. The van der Waals surface area contributed by atoms with Crippen LogP contribution in [0.15, 0.2) is 0 Å². The molecule has 564 valence electrons. The van der Waals surface area contributed by atoms with Gasteiger partial charge in [-0.25, -0.2) is 9.13 Å². The molecule has 0 saturated carbocycles. The maximum absolute atomic E-state index is 13.1. The lowest BCUT2D eigenvalue weighted by Crippen LogP contribution is -2.30. The van der Waals surface area contributed by atoms with Crippen LogP contribution >= 0.6 is 15.6 Å². The highest BCUT2D eigenvalue weighted by molar-refractivity contribution is 7.47. The number of aliphatic hydroxyl groups excluding tert-OH is 1. The number of esters is 4. The highest BCUT2D eigenvalue weighted by Gasteiger charge is 2.30. The third-order valence-electron chi connectivity index (χ3n) is 17.8. The summed E-state index contributed by atoms with van der Waals surface area (Å²) in [6.07, 6.45) is 58.8. The third-order valence-corrected chi connectivity index (χ3v) is 19.7. The Morgan fingerprint density at radius 1 is 0.284 bits per heavy atom. The van der Waals surface area contributed by atoms with Crippen molar-refractivity contribution in [2.45, 2.75) is 419 Å². The summed E-state index contributed by atoms with van der Waals surface area (Å²) in [5, 5.41) is 10.6. The number of hydrogen-bond acceptors (Lipinski definition) is 15. The highest BCUT2D eigenvalue weighted by Crippen LogP contribution is 2.45. The van der Waals surface area contributed by atoms with E-state index in [1.807, 2.05) is 0 Å². The summed E-state index contributed by atoms with van der Waals surface area (Å²) < 4.78 is 68.3. The van der Waals surface area contributed by atoms with Crippen molar-refractivity contribution in [3.05, 3.63) is 0 Å². The molecule has 0 fully saturated rings. The van der Waals surface area contributed by atoms with E-state index in [-0.39, 0.29) is 25.7 Å². The lowest BCUT2D eigenvalue weighted by Gasteiger charge is -2.21. The zero-order chi connectivity index (χ0) is 69.8. The topological polar surface area (TPSA) is 237 Å². The van der Waals surface area contributed by atoms with Gasteiger partial charge in [-0.2, -0.15) is 0 Å². The number of carbonyl (C=O) groups is 4. The van der Waals surface area contributed by atoms with Gasteiger partial charge in [-0.15, -0.1) is 0 Å². The average molecular weight is 1400 g/mol. The Hall–Kier alpha value is -1.94. The molecule has 0 amide bonds. The second-order valence-electron chi connectivity index (χ2n) is 27.9. The second-order valence-corrected chi connectivity index (χ2v) is 30.8. The molecule has 3 N–H and O–H groups in total. The quantitative estimate of drug-likeness (QED) is 0.0222. The summed E-state index contributed by atoms with van der Waals surface area (Å²) in [4.78, 5) is 72.5. The molecule has 0 aromatic carbocycles. The SMILES string of the molecule is CCCCCCCCCCCCCCCCCCCCCC(=O)O[C@H](COC(=O)CCCCCCCCCCCCCCCCCCCC)COP(=O)(O)OC[C@@H](O)COP(=O)(O)OC[C@@H](COC(=O)CCCCCCC)OC(=O)CCCCCCCCCCCCC(C)C. The van der Waals surface area contributed by atoms with Gasteiger partial charge in [0.05, 0.1) is 26.4 Å². The summed E-state index contributed by atoms with van der Waals surface area (Å²) in [7, 11) is -9.90. The fourth-order valence-corrected chi connectivity index (χ4v) is 13.3. The van der Waals surface area contributed by atoms with Crippen molar-refractivity contribution in [2.75, 3.05) is 39.6 Å². The van der Waals surface area contributed by atoms with Gasteiger partial charge in [-0.1, -0.05) is 349 Å². The van der Waals surface area contributed by atoms with Crippen LogP contribution in [-0.4, -0.2) is 96.7 Å². The second kappa shape index (κ2) is 69.2. The van der Waals surface area contributed by atoms with E-state index in [0.717, 1.165) is 102 Å². The predicted molar refractivity (Wildman–Crippen MR) is 386 cm³/mol. The van der Waals surface area contributed by atoms with E-state index in [4.69, 9.17) is 37.0 Å². The Kier molecular flexibility index (Phi) is 67.7. The number of hydrogen-bond donors (Lipinski definition) is 3. The molecule has 95 heavy (non-hydrogen) atoms. The zero-order valence-corrected chi connectivity index (χ0v) is 63.6. The van der Waals surface area contributed by atoms with Crippen LogP contribution in [-0.2, 0) is 65.4 Å². The van der Waals surface area contributed by atoms with Gasteiger partial charge in [-0.3, -0.25) is 37.3 Å². The van der Waals surface area contributed by atoms with Crippen LogP contribution in [0.2, 0.25) is 0 Å². The largest absolute Gasteiger partial charge is 0.472 e. The number of aliphatic hydroxyl groups is 1. The summed E-state index contributed by atoms with van der Waals surface area (Å²) in [5.41, 5.74) is 0. The lowest BCUT2D eigenvalue weighted by molar-refractivity contribution is -0.161. The molecule has 0 aromatic heterocycles. The van der Waals surface area contributed by atoms with Crippen LogP contribution in [0, 0.1) is 5.92 Å². The van der Waals surface area contributed by atoms with E-state index in [9.17, 15) is 43.2 Å². The number of unbranched alkanes of at least 4 members (excludes halogenated alkanes) is 48. The zero-order valence-electron chi connectivity index (χ0n) is 61.8. The lowest BCUT2D eigenvalue weighted by atomic mass is 10.0. The molecule has 0 saturated heterocycles. The molecular weight excluding hydrogens is 1250 g/mol. The van der Waals surface area contributed by atoms with Crippen LogP contribution in [0.4, 0.5) is 0 Å². The number of rotatable bonds is 76. The Morgan fingerprint density at radius 3 is 0.716 bits per heavy atom. The molecule has 0 heterocycles. The first kappa shape index (κ1) is 93.1. The first-order valence-corrected chi connectivity index (χ1v) is 42.6. The molecule has 0 aliphatic heterocycles. The van der Waals surface area contributed by atoms with Crippen LogP contribution in [0.3, 0.4) is 0 Å². The van der Waals surface area contributed by atoms with Crippen molar-refractivity contribution in [3.63, 3.8) is 0 Å². The smallest absolute Gasteiger partial charge is 0.462 e. The number of phosphoric acid groups is 2. The number of ether oxygens (including phenoxy) is 4. The molecule has 0 aromatic rings. The highest BCUT2D eigenvalue weighted by atomic mass is 31.2. The van der Waals surface area contributed by atoms with Crippen LogP contribution in [0.25, 0.3) is 0 Å². The van der Waals surface area contributed by atoms with E-state index in [1.54, 1.807) is 0 Å². The minimum absolute atomic E-state index is 0.105. The maximum Gasteiger partial charge on any atom is 0.472 e. The van der Waals surface area contributed by atoms with Crippen molar-refractivity contribution < 1.29 is 80.2 Å². The number of carbonyl (C=O) groups excluding carboxylic acids is 4. The molecule has 0 aliphatic rings. The normalized spacial score (nSPS) is 13.9. The first-order valence-electron chi connectivity index (χ1n) is 39.6. The average Bonchev–Trinajstić information content (AvgIpc) is 1.65. The van der Waals surface area contributed by atoms with E-state index in [2.05, 4.69) is 34.6 Å². The van der Waals surface area contributed by atoms with Gasteiger partial charge in [0.1, 0.15) is 19.3 Å². The van der Waals surface area contributed by atoms with Gasteiger partial charge < -0.3 is 33.8 Å². The van der Waals surface area contributed by atoms with Gasteiger partial charge in [0.15, 0.2) is 12.2 Å². The van der Waals surface area contributed by atoms with Crippen molar-refractivity contribution in [1.29, 1.82) is 0 Å². The summed E-state index contributed by atoms with van der Waals surface area (Å²) in [5.74, 6) is -1.37. The third kappa shape index (κ3) is 70.3. The molecular formula is C76H148O17P2. The van der Waals surface area contributed by atoms with Crippen LogP contribution < -0.4 is 0 Å². The molecule has 19 heteroatoms. The fraction of sp³-hybridized carbons (Fsp3) is 0.947. The van der Waals surface area contributed by atoms with Crippen molar-refractivity contribution in [3.8, 4) is 0 Å². The first-order chi connectivity index (χ1) is 46.0. The molecule has 0 aliphatic carbocycles. The molecule has 2 unspecified atom stereocenters. The minimum Gasteiger partial charge on any atom is -0.462 e. The van der Waals surface area contributed by atoms with E-state index in [1.165, 1.54) is 218 Å². The standard InChI is InChI=1S/C76H148O17P2/c1-6-9-12-15-17-19-21-23-25-27-29-31-33-35-37-42-46-51-56-61-76(81)93-72(66-87-74(79)60-55-50-45-41-36-34-32-30-28-26-24-22-20-18-16-13-10-7-2)68-91-95(84,85)89-64-70(77)63-88-94(82,83)90-67-71(65-86-73(78)59-54-48-14-11-8-3)92-75(80)62-57-52-47-43-39-38-40-44-49-53-58-69(4)5/h69-72,77H,6-68H2,1-5H3,(H,82,83)(H,84,85)/t70-,71+,72+/m0/s1. The minimum atomic E-state index is -4.95. The van der Waals surface area contributed by atoms with Crippen molar-refractivity contribution in [1.82, 2.24) is 0 Å². The van der Waals surface area contributed by atoms with Gasteiger partial charge in [0, 0.05) is 25.7 Å². The van der Waals surface area contributed by atoms with E-state index < -0.39 is 97.5 Å². The molecule has 5 atom stereocenters. The monoisotopic (exact) mass is 1400 g/mol. The molecule has 0 spiro atoms. The van der Waals surface area contributed by atoms with Crippen molar-refractivity contribution >= 4 is 39.5 Å². The Balaban J connectivity index is 5.13. The van der Waals surface area contributed by atoms with E-state index >= 15 is 0 Å². The Morgan fingerprint density at radius 2 is 0.484 bits per heavy atom. The molecule has 17 nitrogen and oxygen atoms in total. The Bertz CT molecular complexity index is 1820. The molecule has 0 bridgehead atoms. The van der Waals surface area contributed by atoms with Gasteiger partial charge in [0.25, 0.3) is 0 Å². The van der Waals surface area contributed by atoms with Gasteiger partial charge in [-0.05, 0) is 31.6 Å². The molecule has 0 radical (unpaired) electrons. The van der Waals surface area contributed by atoms with Crippen LogP contribution in [0.1, 0.15) is 401 Å².